The van der Waals surface area contributed by atoms with Gasteiger partial charge in [-0.1, -0.05) is 0 Å². The third kappa shape index (κ3) is 2.89. The first-order valence-corrected chi connectivity index (χ1v) is 6.03. The summed E-state index contributed by atoms with van der Waals surface area (Å²) in [5, 5.41) is 11.4. The molecule has 0 atom stereocenters. The molecular formula is C10H15BrN4. The number of halogens is 1. The maximum absolute atomic E-state index is 5.59. The minimum atomic E-state index is 0.462. The molecule has 15 heavy (non-hydrogen) atoms. The molecule has 2 rings (SSSR count). The quantitative estimate of drug-likeness (QED) is 0.852. The summed E-state index contributed by atoms with van der Waals surface area (Å²) in [6.45, 7) is 2.24. The van der Waals surface area contributed by atoms with Gasteiger partial charge in [0.05, 0.1) is 10.2 Å². The lowest BCUT2D eigenvalue weighted by Gasteiger charge is -2.21. The van der Waals surface area contributed by atoms with Gasteiger partial charge in [0.15, 0.2) is 5.82 Å². The third-order valence-electron chi connectivity index (χ3n) is 2.78. The average Bonchev–Trinajstić information content (AvgIpc) is 2.25. The van der Waals surface area contributed by atoms with Crippen LogP contribution in [0.5, 0.6) is 0 Å². The highest BCUT2D eigenvalue weighted by Gasteiger charge is 2.14. The fraction of sp³-hybridized carbons (Fsp3) is 0.600. The topological polar surface area (TPSA) is 63.8 Å². The van der Waals surface area contributed by atoms with Gasteiger partial charge in [0.1, 0.15) is 0 Å². The highest BCUT2D eigenvalue weighted by atomic mass is 79.9. The lowest BCUT2D eigenvalue weighted by molar-refractivity contribution is 0.369. The van der Waals surface area contributed by atoms with Gasteiger partial charge in [0, 0.05) is 0 Å². The van der Waals surface area contributed by atoms with Gasteiger partial charge >= 0.3 is 0 Å². The Labute approximate surface area is 97.8 Å². The Bertz CT molecular complexity index is 336. The Balaban J connectivity index is 2.00. The van der Waals surface area contributed by atoms with E-state index in [4.69, 9.17) is 5.73 Å². The second-order valence-corrected chi connectivity index (χ2v) is 4.82. The molecule has 0 unspecified atom stereocenters. The number of nitrogens with two attached hydrogens (primary N) is 1. The fourth-order valence-corrected chi connectivity index (χ4v) is 2.24. The van der Waals surface area contributed by atoms with Crippen LogP contribution in [0, 0.1) is 5.92 Å². The smallest absolute Gasteiger partial charge is 0.160 e. The highest BCUT2D eigenvalue weighted by Crippen LogP contribution is 2.20. The summed E-state index contributed by atoms with van der Waals surface area (Å²) in [5.41, 5.74) is 6.62. The van der Waals surface area contributed by atoms with Gasteiger partial charge in [-0.2, -0.15) is 5.10 Å². The summed E-state index contributed by atoms with van der Waals surface area (Å²) in [6, 6.07) is 1.98. The number of anilines is 1. The summed E-state index contributed by atoms with van der Waals surface area (Å²) < 4.78 is 0.849. The van der Waals surface area contributed by atoms with Crippen LogP contribution in [0.2, 0.25) is 0 Å². The molecule has 1 aliphatic heterocycles. The number of nitrogens with zero attached hydrogens (tertiary/aromatic N) is 2. The normalized spacial score (nSPS) is 17.9. The Morgan fingerprint density at radius 3 is 2.80 bits per heavy atom. The molecule has 0 amide bonds. The summed E-state index contributed by atoms with van der Waals surface area (Å²) in [4.78, 5) is 0. The van der Waals surface area contributed by atoms with Crippen LogP contribution in [-0.4, -0.2) is 23.3 Å². The molecule has 1 saturated heterocycles. The van der Waals surface area contributed by atoms with Crippen molar-refractivity contribution in [3.63, 3.8) is 0 Å². The first-order chi connectivity index (χ1) is 7.25. The second-order valence-electron chi connectivity index (χ2n) is 3.97. The first-order valence-electron chi connectivity index (χ1n) is 5.24. The van der Waals surface area contributed by atoms with Crippen LogP contribution in [0.1, 0.15) is 18.5 Å². The van der Waals surface area contributed by atoms with E-state index < -0.39 is 0 Å². The zero-order chi connectivity index (χ0) is 10.7. The van der Waals surface area contributed by atoms with Gasteiger partial charge < -0.3 is 11.1 Å². The summed E-state index contributed by atoms with van der Waals surface area (Å²) in [7, 11) is 0. The molecular weight excluding hydrogens is 256 g/mol. The standard InChI is InChI=1S/C10H15BrN4/c11-9-6-8(14-15-10(9)12)5-7-1-3-13-4-2-7/h6-7,13H,1-5H2,(H2,12,15). The van der Waals surface area contributed by atoms with Crippen molar-refractivity contribution in [3.05, 3.63) is 16.2 Å². The maximum Gasteiger partial charge on any atom is 0.160 e. The van der Waals surface area contributed by atoms with Crippen LogP contribution in [0.4, 0.5) is 5.82 Å². The molecule has 0 aliphatic carbocycles. The molecule has 0 saturated carbocycles. The first kappa shape index (κ1) is 10.8. The molecule has 1 fully saturated rings. The minimum absolute atomic E-state index is 0.462. The van der Waals surface area contributed by atoms with Gasteiger partial charge in [-0.05, 0) is 60.3 Å². The molecule has 1 aromatic rings. The van der Waals surface area contributed by atoms with Gasteiger partial charge in [0.25, 0.3) is 0 Å². The Morgan fingerprint density at radius 1 is 1.40 bits per heavy atom. The van der Waals surface area contributed by atoms with Crippen LogP contribution in [0.3, 0.4) is 0 Å². The molecule has 0 aromatic carbocycles. The lowest BCUT2D eigenvalue weighted by atomic mass is 9.93. The van der Waals surface area contributed by atoms with Crippen molar-refractivity contribution < 1.29 is 0 Å². The molecule has 5 heteroatoms. The number of hydrogen-bond donors (Lipinski definition) is 2. The van der Waals surface area contributed by atoms with Crippen molar-refractivity contribution in [2.45, 2.75) is 19.3 Å². The van der Waals surface area contributed by atoms with E-state index in [1.165, 1.54) is 12.8 Å². The van der Waals surface area contributed by atoms with Gasteiger partial charge in [0.2, 0.25) is 0 Å². The van der Waals surface area contributed by atoms with E-state index in [1.54, 1.807) is 0 Å². The van der Waals surface area contributed by atoms with Gasteiger partial charge in [-0.25, -0.2) is 0 Å². The number of rotatable bonds is 2. The molecule has 1 aliphatic rings. The molecule has 82 valence electrons. The number of hydrogen-bond acceptors (Lipinski definition) is 4. The zero-order valence-electron chi connectivity index (χ0n) is 8.54. The monoisotopic (exact) mass is 270 g/mol. The molecule has 2 heterocycles. The number of piperidine rings is 1. The molecule has 3 N–H and O–H groups in total. The van der Waals surface area contributed by atoms with Crippen molar-refractivity contribution in [3.8, 4) is 0 Å². The zero-order valence-corrected chi connectivity index (χ0v) is 10.1. The molecule has 1 aromatic heterocycles. The molecule has 0 radical (unpaired) electrons. The Kier molecular flexibility index (Phi) is 3.53. The Hall–Kier alpha value is -0.680. The van der Waals surface area contributed by atoms with Gasteiger partial charge in [-0.3, -0.25) is 0 Å². The summed E-state index contributed by atoms with van der Waals surface area (Å²) >= 11 is 3.37. The van der Waals surface area contributed by atoms with E-state index in [9.17, 15) is 0 Å². The van der Waals surface area contributed by atoms with Crippen molar-refractivity contribution in [1.82, 2.24) is 15.5 Å². The highest BCUT2D eigenvalue weighted by molar-refractivity contribution is 9.10. The van der Waals surface area contributed by atoms with Crippen molar-refractivity contribution in [1.29, 1.82) is 0 Å². The predicted molar refractivity (Wildman–Crippen MR) is 63.4 cm³/mol. The van der Waals surface area contributed by atoms with Crippen LogP contribution in [0.25, 0.3) is 0 Å². The van der Waals surface area contributed by atoms with E-state index in [0.717, 1.165) is 35.6 Å². The summed E-state index contributed by atoms with van der Waals surface area (Å²) in [6.07, 6.45) is 3.46. The maximum atomic E-state index is 5.59. The van der Waals surface area contributed by atoms with Crippen LogP contribution in [-0.2, 0) is 6.42 Å². The van der Waals surface area contributed by atoms with E-state index in [1.807, 2.05) is 6.07 Å². The van der Waals surface area contributed by atoms with Crippen LogP contribution in [0.15, 0.2) is 10.5 Å². The van der Waals surface area contributed by atoms with Crippen molar-refractivity contribution in [2.24, 2.45) is 5.92 Å². The minimum Gasteiger partial charge on any atom is -0.381 e. The van der Waals surface area contributed by atoms with E-state index in [2.05, 4.69) is 31.4 Å². The number of nitrogens with one attached hydrogen (secondary N) is 1. The Morgan fingerprint density at radius 2 is 2.13 bits per heavy atom. The van der Waals surface area contributed by atoms with E-state index >= 15 is 0 Å². The number of nitrogen functional groups attached to an aromatic ring is 1. The van der Waals surface area contributed by atoms with Crippen molar-refractivity contribution in [2.75, 3.05) is 18.8 Å². The SMILES string of the molecule is Nc1nnc(CC2CCNCC2)cc1Br. The van der Waals surface area contributed by atoms with E-state index in [0.29, 0.717) is 5.82 Å². The molecule has 0 bridgehead atoms. The summed E-state index contributed by atoms with van der Waals surface area (Å²) in [5.74, 6) is 1.19. The van der Waals surface area contributed by atoms with E-state index in [-0.39, 0.29) is 0 Å². The number of aromatic nitrogens is 2. The average molecular weight is 271 g/mol. The predicted octanol–water partition coefficient (Wildman–Crippen LogP) is 1.36. The van der Waals surface area contributed by atoms with Crippen LogP contribution < -0.4 is 11.1 Å². The van der Waals surface area contributed by atoms with Crippen LogP contribution >= 0.6 is 15.9 Å². The lowest BCUT2D eigenvalue weighted by Crippen LogP contribution is -2.28. The largest absolute Gasteiger partial charge is 0.381 e. The van der Waals surface area contributed by atoms with Crippen molar-refractivity contribution >= 4 is 21.7 Å². The fourth-order valence-electron chi connectivity index (χ4n) is 1.90. The third-order valence-corrected chi connectivity index (χ3v) is 3.42. The van der Waals surface area contributed by atoms with Gasteiger partial charge in [-0.15, -0.1) is 5.10 Å². The molecule has 0 spiro atoms. The second kappa shape index (κ2) is 4.90. The molecule has 4 nitrogen and oxygen atoms in total.